The number of hydrogen-bond donors (Lipinski definition) is 0. The van der Waals surface area contributed by atoms with E-state index in [1.165, 1.54) is 5.56 Å². The normalized spacial score (nSPS) is 11.4. The van der Waals surface area contributed by atoms with Gasteiger partial charge in [-0.1, -0.05) is 53.7 Å². The molecule has 0 spiro atoms. The summed E-state index contributed by atoms with van der Waals surface area (Å²) in [7, 11) is -0.0937. The zero-order valence-electron chi connectivity index (χ0n) is 22.7. The van der Waals surface area contributed by atoms with E-state index < -0.39 is 0 Å². The minimum Gasteiger partial charge on any atom is -0.493 e. The number of benzene rings is 2. The van der Waals surface area contributed by atoms with Crippen molar-refractivity contribution in [3.8, 4) is 17.2 Å². The summed E-state index contributed by atoms with van der Waals surface area (Å²) in [6.07, 6.45) is 2.68. The van der Waals surface area contributed by atoms with Crippen molar-refractivity contribution in [2.24, 2.45) is 0 Å². The van der Waals surface area contributed by atoms with Gasteiger partial charge < -0.3 is 14.2 Å². The van der Waals surface area contributed by atoms with E-state index in [9.17, 15) is 4.79 Å². The first kappa shape index (κ1) is 30.6. The topological polar surface area (TPSA) is 44.8 Å². The summed E-state index contributed by atoms with van der Waals surface area (Å²) in [5.41, 5.74) is 4.23. The van der Waals surface area contributed by atoms with E-state index in [1.807, 2.05) is 26.0 Å². The summed E-state index contributed by atoms with van der Waals surface area (Å²) in [5.74, 6) is 2.09. The molecule has 0 saturated heterocycles. The van der Waals surface area contributed by atoms with Gasteiger partial charge in [-0.2, -0.15) is 0 Å². The Kier molecular flexibility index (Phi) is 12.8. The average molecular weight is 480 g/mol. The van der Waals surface area contributed by atoms with Crippen LogP contribution >= 0.6 is 8.58 Å². The molecule has 2 rings (SSSR count). The molecule has 2 aromatic rings. The number of ether oxygens (including phenoxy) is 3. The van der Waals surface area contributed by atoms with Crippen LogP contribution in [0.4, 0.5) is 0 Å². The van der Waals surface area contributed by atoms with Gasteiger partial charge in [-0.15, -0.1) is 0 Å². The monoisotopic (exact) mass is 479 g/mol. The third kappa shape index (κ3) is 8.33. The Hall–Kier alpha value is -1.46. The fourth-order valence-electron chi connectivity index (χ4n) is 3.57. The number of rotatable bonds is 12. The van der Waals surface area contributed by atoms with Gasteiger partial charge in [0.05, 0.1) is 25.1 Å². The van der Waals surface area contributed by atoms with Crippen molar-refractivity contribution < 1.29 is 19.0 Å². The summed E-state index contributed by atoms with van der Waals surface area (Å²) in [5, 5.41) is 0.824. The zero-order valence-corrected chi connectivity index (χ0v) is 23.7. The molecule has 34 heavy (non-hydrogen) atoms. The molecule has 2 aromatic carbocycles. The van der Waals surface area contributed by atoms with Crippen LogP contribution in [0.3, 0.4) is 0 Å². The van der Waals surface area contributed by atoms with Crippen molar-refractivity contribution in [3.05, 3.63) is 46.5 Å². The molecule has 0 amide bonds. The zero-order chi connectivity index (χ0) is 24.6. The van der Waals surface area contributed by atoms with E-state index in [-0.39, 0.29) is 38.4 Å². The summed E-state index contributed by atoms with van der Waals surface area (Å²) in [6, 6.07) is 8.11. The predicted octanol–water partition coefficient (Wildman–Crippen LogP) is 6.73. The Bertz CT molecular complexity index is 898. The molecule has 0 heterocycles. The van der Waals surface area contributed by atoms with Crippen molar-refractivity contribution in [1.29, 1.82) is 0 Å². The molecule has 0 fully saturated rings. The van der Waals surface area contributed by atoms with Gasteiger partial charge in [0, 0.05) is 36.6 Å². The molecule has 0 aromatic heterocycles. The molecule has 1 atom stereocenters. The van der Waals surface area contributed by atoms with Crippen molar-refractivity contribution in [2.45, 2.75) is 80.1 Å². The molecule has 0 aliphatic carbocycles. The second-order valence-electron chi connectivity index (χ2n) is 9.53. The van der Waals surface area contributed by atoms with Gasteiger partial charge in [0.15, 0.2) is 5.52 Å². The summed E-state index contributed by atoms with van der Waals surface area (Å²) in [4.78, 5) is 13.6. The fourth-order valence-corrected chi connectivity index (χ4v) is 4.86. The molecule has 1 radical (unpaired) electrons. The Morgan fingerprint density at radius 3 is 1.65 bits per heavy atom. The summed E-state index contributed by atoms with van der Waals surface area (Å²) < 4.78 is 18.0. The molecule has 0 saturated carbocycles. The van der Waals surface area contributed by atoms with Crippen LogP contribution in [0.25, 0.3) is 0 Å². The van der Waals surface area contributed by atoms with Gasteiger partial charge >= 0.3 is 0 Å². The van der Waals surface area contributed by atoms with Gasteiger partial charge in [-0.3, -0.25) is 4.79 Å². The van der Waals surface area contributed by atoms with E-state index in [0.29, 0.717) is 31.3 Å². The van der Waals surface area contributed by atoms with Gasteiger partial charge in [0.1, 0.15) is 17.2 Å². The Morgan fingerprint density at radius 2 is 1.24 bits per heavy atom. The van der Waals surface area contributed by atoms with Crippen LogP contribution < -0.4 is 19.5 Å². The van der Waals surface area contributed by atoms with E-state index in [0.717, 1.165) is 47.0 Å². The van der Waals surface area contributed by atoms with E-state index in [1.54, 1.807) is 0 Å². The van der Waals surface area contributed by atoms with Crippen molar-refractivity contribution >= 4 is 38.3 Å². The largest absolute Gasteiger partial charge is 0.493 e. The molecular formula is C28H41LiO4P. The first-order valence-corrected chi connectivity index (χ1v) is 13.1. The van der Waals surface area contributed by atoms with Crippen LogP contribution in [0.2, 0.25) is 0 Å². The summed E-state index contributed by atoms with van der Waals surface area (Å²) in [6.45, 7) is 18.7. The molecule has 0 aliphatic rings. The first-order valence-electron chi connectivity index (χ1n) is 12.1. The second kappa shape index (κ2) is 14.2. The average Bonchev–Trinajstić information content (AvgIpc) is 2.74. The standard InChI is InChI=1S/C28H41O4P.Li/c1-9-12-30-22-17-23(31-13-10-2)26(24(18-22)32-14-11-3)33-27(29)25-19(4)15-21(16-20(25)5)28(6,7)8;/h15-18,33H,9-14H2,1-8H3;. The molecule has 6 heteroatoms. The molecule has 183 valence electrons. The van der Waals surface area contributed by atoms with Crippen LogP contribution in [-0.4, -0.2) is 44.2 Å². The molecule has 4 nitrogen and oxygen atoms in total. The Morgan fingerprint density at radius 1 is 0.794 bits per heavy atom. The molecule has 0 N–H and O–H groups in total. The molecule has 1 unspecified atom stereocenters. The maximum absolute atomic E-state index is 13.6. The van der Waals surface area contributed by atoms with Crippen LogP contribution in [0, 0.1) is 13.8 Å². The van der Waals surface area contributed by atoms with Crippen molar-refractivity contribution in [3.63, 3.8) is 0 Å². The maximum Gasteiger partial charge on any atom is 0.186 e. The minimum absolute atomic E-state index is 0. The minimum atomic E-state index is -0.0937. The Balaban J connectivity index is 0.00000578. The quantitative estimate of drug-likeness (QED) is 0.250. The SMILES string of the molecule is CCCOc1cc(OCCC)c(PC(=O)c2c(C)cc(C(C)(C)C)cc2C)c(OCCC)c1.[Li]. The van der Waals surface area contributed by atoms with Crippen molar-refractivity contribution in [1.82, 2.24) is 0 Å². The van der Waals surface area contributed by atoms with Gasteiger partial charge in [0.2, 0.25) is 0 Å². The third-order valence-corrected chi connectivity index (χ3v) is 6.52. The van der Waals surface area contributed by atoms with E-state index in [2.05, 4.69) is 53.7 Å². The Labute approximate surface area is 220 Å². The maximum atomic E-state index is 13.6. The second-order valence-corrected chi connectivity index (χ2v) is 10.7. The molecule has 0 aliphatic heterocycles. The van der Waals surface area contributed by atoms with Gasteiger partial charge in [-0.05, 0) is 63.8 Å². The smallest absolute Gasteiger partial charge is 0.186 e. The van der Waals surface area contributed by atoms with E-state index in [4.69, 9.17) is 14.2 Å². The molecule has 0 bridgehead atoms. The fraction of sp³-hybridized carbons (Fsp3) is 0.536. The van der Waals surface area contributed by atoms with Crippen LogP contribution in [-0.2, 0) is 5.41 Å². The number of hydrogen-bond acceptors (Lipinski definition) is 4. The van der Waals surface area contributed by atoms with E-state index >= 15 is 0 Å². The number of aryl methyl sites for hydroxylation is 2. The first-order chi connectivity index (χ1) is 15.6. The third-order valence-electron chi connectivity index (χ3n) is 5.30. The summed E-state index contributed by atoms with van der Waals surface area (Å²) >= 11 is 0. The van der Waals surface area contributed by atoms with Crippen LogP contribution in [0.1, 0.15) is 87.9 Å². The van der Waals surface area contributed by atoms with Crippen molar-refractivity contribution in [2.75, 3.05) is 19.8 Å². The predicted molar refractivity (Wildman–Crippen MR) is 146 cm³/mol. The van der Waals surface area contributed by atoms with Crippen LogP contribution in [0.15, 0.2) is 24.3 Å². The molecular weight excluding hydrogens is 438 g/mol. The number of carbonyl (C=O) groups is 1. The number of carbonyl (C=O) groups excluding carboxylic acids is 1. The van der Waals surface area contributed by atoms with Crippen LogP contribution in [0.5, 0.6) is 17.2 Å². The van der Waals surface area contributed by atoms with Gasteiger partial charge in [0.25, 0.3) is 0 Å². The van der Waals surface area contributed by atoms with Gasteiger partial charge in [-0.25, -0.2) is 0 Å².